The van der Waals surface area contributed by atoms with Crippen molar-refractivity contribution in [2.45, 2.75) is 205 Å². The molecule has 2 saturated heterocycles. The second-order valence-corrected chi connectivity index (χ2v) is 20.5. The summed E-state index contributed by atoms with van der Waals surface area (Å²) in [5.41, 5.74) is -3.52. The zero-order valence-corrected chi connectivity index (χ0v) is 34.0. The fraction of sp³-hybridized carbons (Fsp3) is 1.00. The molecule has 0 aromatic heterocycles. The van der Waals surface area contributed by atoms with Crippen molar-refractivity contribution in [3.8, 4) is 0 Å². The Morgan fingerprint density at radius 1 is 0.741 bits per heavy atom. The normalized spacial score (nSPS) is 52.2. The summed E-state index contributed by atoms with van der Waals surface area (Å²) in [6.07, 6.45) is -6.31. The van der Waals surface area contributed by atoms with E-state index < -0.39 is 85.3 Å². The monoisotopic (exact) mass is 772 g/mol. The third kappa shape index (κ3) is 6.84. The maximum absolute atomic E-state index is 12.3. The van der Waals surface area contributed by atoms with Gasteiger partial charge in [-0.15, -0.1) is 0 Å². The molecule has 13 nitrogen and oxygen atoms in total. The Kier molecular flexibility index (Phi) is 11.7. The second-order valence-electron chi connectivity index (χ2n) is 20.5. The number of aliphatic hydroxyl groups excluding tert-OH is 7. The summed E-state index contributed by atoms with van der Waals surface area (Å²) < 4.78 is 25.2. The first-order chi connectivity index (χ1) is 24.8. The highest BCUT2D eigenvalue weighted by Gasteiger charge is 2.72. The summed E-state index contributed by atoms with van der Waals surface area (Å²) in [4.78, 5) is 0. The van der Waals surface area contributed by atoms with E-state index in [0.717, 1.165) is 32.1 Å². The van der Waals surface area contributed by atoms with Crippen LogP contribution in [0.25, 0.3) is 0 Å². The van der Waals surface area contributed by atoms with Gasteiger partial charge in [0.2, 0.25) is 0 Å². The highest BCUT2D eigenvalue weighted by molar-refractivity contribution is 5.20. The van der Waals surface area contributed by atoms with Gasteiger partial charge in [-0.05, 0) is 131 Å². The molecule has 2 heterocycles. The van der Waals surface area contributed by atoms with Crippen molar-refractivity contribution in [1.82, 2.24) is 0 Å². The Balaban J connectivity index is 1.33. The first-order valence-corrected chi connectivity index (χ1v) is 20.6. The summed E-state index contributed by atoms with van der Waals surface area (Å²) in [6, 6.07) is 0. The number of ether oxygens (including phenoxy) is 4. The van der Waals surface area contributed by atoms with Gasteiger partial charge >= 0.3 is 0 Å². The fourth-order valence-corrected chi connectivity index (χ4v) is 13.2. The number of fused-ring (bicyclic) bond motifs is 5. The molecule has 0 aromatic carbocycles. The Labute approximate surface area is 321 Å². The van der Waals surface area contributed by atoms with Crippen LogP contribution in [0.2, 0.25) is 0 Å². The molecule has 13 heteroatoms. The summed E-state index contributed by atoms with van der Waals surface area (Å²) in [7, 11) is 0. The molecule has 6 aliphatic rings. The topological polar surface area (TPSA) is 219 Å². The molecular formula is C41H72O13. The largest absolute Gasteiger partial charge is 0.394 e. The highest BCUT2D eigenvalue weighted by atomic mass is 16.7. The SMILES string of the molecule is C[C@H]1O[C@@H](OC2CC3C4(C)CCC(O[C@@H]5O[C@@H](CO)[C@H](O)[C@H]5O)C(C)(C)C4CCC3(C)C3(C)CCC(C(C)(O)CCC(O)C(C)(C)O)C23)[C@H](O)[C@@H](O)[C@@H]1O. The fourth-order valence-electron chi connectivity index (χ4n) is 13.2. The highest BCUT2D eigenvalue weighted by Crippen LogP contribution is 2.76. The van der Waals surface area contributed by atoms with E-state index in [0.29, 0.717) is 12.8 Å². The minimum Gasteiger partial charge on any atom is -0.394 e. The number of hydrogen-bond acceptors (Lipinski definition) is 13. The van der Waals surface area contributed by atoms with Gasteiger partial charge in [-0.3, -0.25) is 0 Å². The quantitative estimate of drug-likeness (QED) is 0.145. The summed E-state index contributed by atoms with van der Waals surface area (Å²) >= 11 is 0. The molecule has 9 N–H and O–H groups in total. The molecule has 0 amide bonds. The maximum Gasteiger partial charge on any atom is 0.186 e. The number of rotatable bonds is 10. The van der Waals surface area contributed by atoms with Crippen LogP contribution < -0.4 is 0 Å². The van der Waals surface area contributed by atoms with Crippen LogP contribution in [-0.2, 0) is 18.9 Å². The molecule has 4 saturated carbocycles. The van der Waals surface area contributed by atoms with Crippen LogP contribution in [-0.4, -0.2) is 137 Å². The van der Waals surface area contributed by atoms with Gasteiger partial charge in [0.15, 0.2) is 12.6 Å². The molecule has 2 aliphatic heterocycles. The van der Waals surface area contributed by atoms with Crippen LogP contribution in [0.15, 0.2) is 0 Å². The molecule has 0 aromatic rings. The minimum absolute atomic E-state index is 0.151. The molecular weight excluding hydrogens is 700 g/mol. The van der Waals surface area contributed by atoms with E-state index in [1.54, 1.807) is 20.8 Å². The molecule has 54 heavy (non-hydrogen) atoms. The predicted molar refractivity (Wildman–Crippen MR) is 196 cm³/mol. The summed E-state index contributed by atoms with van der Waals surface area (Å²) in [5, 5.41) is 96.8. The summed E-state index contributed by atoms with van der Waals surface area (Å²) in [5.74, 6) is -0.0340. The van der Waals surface area contributed by atoms with Gasteiger partial charge in [-0.25, -0.2) is 0 Å². The van der Waals surface area contributed by atoms with Gasteiger partial charge in [0.1, 0.15) is 36.6 Å². The van der Waals surface area contributed by atoms with Crippen LogP contribution in [0.1, 0.15) is 120 Å². The first kappa shape index (κ1) is 43.1. The van der Waals surface area contributed by atoms with Gasteiger partial charge in [0.05, 0.1) is 42.2 Å². The van der Waals surface area contributed by atoms with Gasteiger partial charge < -0.3 is 64.9 Å². The van der Waals surface area contributed by atoms with Crippen molar-refractivity contribution in [3.63, 3.8) is 0 Å². The Hall–Kier alpha value is -0.520. The van der Waals surface area contributed by atoms with Crippen molar-refractivity contribution < 1.29 is 64.9 Å². The van der Waals surface area contributed by atoms with Gasteiger partial charge in [-0.1, -0.05) is 34.6 Å². The van der Waals surface area contributed by atoms with E-state index in [4.69, 9.17) is 18.9 Å². The van der Waals surface area contributed by atoms with Crippen LogP contribution in [0, 0.1) is 45.3 Å². The second kappa shape index (κ2) is 14.6. The summed E-state index contributed by atoms with van der Waals surface area (Å²) in [6.45, 7) is 17.8. The van der Waals surface area contributed by atoms with E-state index in [9.17, 15) is 46.0 Å². The van der Waals surface area contributed by atoms with E-state index in [2.05, 4.69) is 34.6 Å². The average Bonchev–Trinajstić information content (AvgIpc) is 3.60. The van der Waals surface area contributed by atoms with E-state index in [-0.39, 0.29) is 64.3 Å². The minimum atomic E-state index is -1.48. The van der Waals surface area contributed by atoms with Crippen molar-refractivity contribution in [1.29, 1.82) is 0 Å². The van der Waals surface area contributed by atoms with Crippen molar-refractivity contribution >= 4 is 0 Å². The molecule has 314 valence electrons. The Bertz CT molecular complexity index is 1320. The van der Waals surface area contributed by atoms with Crippen molar-refractivity contribution in [2.75, 3.05) is 6.61 Å². The Morgan fingerprint density at radius 3 is 1.96 bits per heavy atom. The molecule has 6 rings (SSSR count). The molecule has 4 aliphatic carbocycles. The molecule has 6 fully saturated rings. The van der Waals surface area contributed by atoms with Gasteiger partial charge in [0, 0.05) is 0 Å². The van der Waals surface area contributed by atoms with E-state index >= 15 is 0 Å². The lowest BCUT2D eigenvalue weighted by molar-refractivity contribution is -0.332. The van der Waals surface area contributed by atoms with Crippen molar-refractivity contribution in [3.05, 3.63) is 0 Å². The van der Waals surface area contributed by atoms with Gasteiger partial charge in [-0.2, -0.15) is 0 Å². The third-order valence-electron chi connectivity index (χ3n) is 16.8. The van der Waals surface area contributed by atoms with Crippen LogP contribution >= 0.6 is 0 Å². The van der Waals surface area contributed by atoms with E-state index in [1.807, 2.05) is 6.92 Å². The van der Waals surface area contributed by atoms with Crippen LogP contribution in [0.4, 0.5) is 0 Å². The molecule has 0 spiro atoms. The lowest BCUT2D eigenvalue weighted by Gasteiger charge is -2.71. The lowest BCUT2D eigenvalue weighted by atomic mass is 9.35. The smallest absolute Gasteiger partial charge is 0.186 e. The van der Waals surface area contributed by atoms with Gasteiger partial charge in [0.25, 0.3) is 0 Å². The van der Waals surface area contributed by atoms with E-state index in [1.165, 1.54) is 0 Å². The third-order valence-corrected chi connectivity index (χ3v) is 16.8. The maximum atomic E-state index is 12.3. The van der Waals surface area contributed by atoms with Crippen LogP contribution in [0.3, 0.4) is 0 Å². The standard InChI is InChI=1S/C41H72O13/c1-20-29(44)31(46)33(48)34(51-20)52-22-18-25-38(6)14-13-27(54-35-32(47)30(45)23(19-42)53-35)36(2,3)24(38)11-16-39(25,7)40(8)15-10-21(28(22)40)41(9,50)17-12-26(43)37(4,5)49/h20-35,42-50H,10-19H2,1-9H3/t20-,21?,22?,23+,24?,25?,26?,27?,28?,29-,30+,31+,32-,33-,34+,35+,38?,39?,40?,41?/m1/s1. The van der Waals surface area contributed by atoms with Crippen molar-refractivity contribution in [2.24, 2.45) is 45.3 Å². The Morgan fingerprint density at radius 2 is 1.35 bits per heavy atom. The number of hydrogen-bond donors (Lipinski definition) is 9. The average molecular weight is 773 g/mol. The molecule has 0 bridgehead atoms. The lowest BCUT2D eigenvalue weighted by Crippen LogP contribution is -2.68. The first-order valence-electron chi connectivity index (χ1n) is 20.6. The zero-order chi connectivity index (χ0) is 40.1. The van der Waals surface area contributed by atoms with Crippen LogP contribution in [0.5, 0.6) is 0 Å². The molecule has 0 radical (unpaired) electrons. The number of aliphatic hydroxyl groups is 9. The molecule has 11 unspecified atom stereocenters. The molecule has 20 atom stereocenters. The zero-order valence-electron chi connectivity index (χ0n) is 34.0. The predicted octanol–water partition coefficient (Wildman–Crippen LogP) is 1.98.